The van der Waals surface area contributed by atoms with Gasteiger partial charge >= 0.3 is 0 Å². The van der Waals surface area contributed by atoms with Crippen molar-refractivity contribution < 1.29 is 9.53 Å². The number of aromatic nitrogens is 4. The Labute approximate surface area is 191 Å². The quantitative estimate of drug-likeness (QED) is 0.426. The van der Waals surface area contributed by atoms with Gasteiger partial charge in [0.1, 0.15) is 17.1 Å². The van der Waals surface area contributed by atoms with Crippen LogP contribution in [0.2, 0.25) is 0 Å². The molecule has 7 nitrogen and oxygen atoms in total. The molecule has 0 spiro atoms. The van der Waals surface area contributed by atoms with Crippen LogP contribution in [0.5, 0.6) is 5.75 Å². The zero-order chi connectivity index (χ0) is 22.8. The third-order valence-corrected chi connectivity index (χ3v) is 5.52. The molecule has 0 bridgehead atoms. The smallest absolute Gasteiger partial charge is 0.255 e. The van der Waals surface area contributed by atoms with Gasteiger partial charge in [-0.1, -0.05) is 24.3 Å². The number of rotatable bonds is 6. The van der Waals surface area contributed by atoms with Gasteiger partial charge < -0.3 is 14.5 Å². The Morgan fingerprint density at radius 2 is 1.76 bits per heavy atom. The van der Waals surface area contributed by atoms with Gasteiger partial charge in [0.2, 0.25) is 0 Å². The number of methoxy groups -OCH3 is 1. The van der Waals surface area contributed by atoms with E-state index in [0.717, 1.165) is 34.0 Å². The van der Waals surface area contributed by atoms with Gasteiger partial charge in [0.15, 0.2) is 0 Å². The van der Waals surface area contributed by atoms with E-state index in [1.54, 1.807) is 18.0 Å². The van der Waals surface area contributed by atoms with Gasteiger partial charge in [-0.3, -0.25) is 4.79 Å². The minimum Gasteiger partial charge on any atom is -0.497 e. The lowest BCUT2D eigenvalue weighted by molar-refractivity contribution is 0.0951. The average molecular weight is 438 g/mol. The second-order valence-electron chi connectivity index (χ2n) is 7.71. The van der Waals surface area contributed by atoms with Crippen LogP contribution in [0.25, 0.3) is 22.6 Å². The summed E-state index contributed by atoms with van der Waals surface area (Å²) in [5.74, 6) is 0.533. The molecule has 3 heterocycles. The molecule has 5 aromatic rings. The van der Waals surface area contributed by atoms with Gasteiger partial charge in [0.25, 0.3) is 5.91 Å². The molecule has 2 aromatic carbocycles. The maximum atomic E-state index is 13.2. The Bertz CT molecular complexity index is 1420. The summed E-state index contributed by atoms with van der Waals surface area (Å²) in [4.78, 5) is 17.8. The lowest BCUT2D eigenvalue weighted by Crippen LogP contribution is -2.23. The van der Waals surface area contributed by atoms with E-state index in [1.807, 2.05) is 90.3 Å². The number of nitrogens with one attached hydrogen (secondary N) is 1. The Morgan fingerprint density at radius 3 is 2.48 bits per heavy atom. The molecule has 0 saturated heterocycles. The molecule has 0 radical (unpaired) electrons. The number of nitrogens with zero attached hydrogens (tertiary/aromatic N) is 4. The largest absolute Gasteiger partial charge is 0.497 e. The monoisotopic (exact) mass is 437 g/mol. The number of imidazole rings is 1. The number of fused-ring (bicyclic) bond motifs is 1. The van der Waals surface area contributed by atoms with Crippen LogP contribution in [0.15, 0.2) is 85.2 Å². The lowest BCUT2D eigenvalue weighted by Gasteiger charge is -2.05. The molecular weight excluding hydrogens is 414 g/mol. The van der Waals surface area contributed by atoms with E-state index in [-0.39, 0.29) is 5.91 Å². The zero-order valence-electron chi connectivity index (χ0n) is 18.4. The molecular formula is C26H23N5O2. The second-order valence-corrected chi connectivity index (χ2v) is 7.71. The van der Waals surface area contributed by atoms with Gasteiger partial charge in [0, 0.05) is 23.7 Å². The summed E-state index contributed by atoms with van der Waals surface area (Å²) in [7, 11) is 1.62. The molecule has 33 heavy (non-hydrogen) atoms. The first-order valence-electron chi connectivity index (χ1n) is 10.6. The summed E-state index contributed by atoms with van der Waals surface area (Å²) >= 11 is 0. The number of carbonyl (C=O) groups excluding carboxylic acids is 1. The van der Waals surface area contributed by atoms with Crippen molar-refractivity contribution in [2.75, 3.05) is 7.11 Å². The van der Waals surface area contributed by atoms with Crippen molar-refractivity contribution in [1.82, 2.24) is 24.5 Å². The minimum atomic E-state index is -0.211. The minimum absolute atomic E-state index is 0.211. The summed E-state index contributed by atoms with van der Waals surface area (Å²) in [5.41, 5.74) is 5.53. The topological polar surface area (TPSA) is 73.5 Å². The van der Waals surface area contributed by atoms with Crippen LogP contribution in [0.4, 0.5) is 0 Å². The van der Waals surface area contributed by atoms with Crippen molar-refractivity contribution in [2.24, 2.45) is 0 Å². The van der Waals surface area contributed by atoms with E-state index in [1.165, 1.54) is 0 Å². The normalized spacial score (nSPS) is 11.0. The van der Waals surface area contributed by atoms with Crippen LogP contribution in [-0.4, -0.2) is 32.2 Å². The van der Waals surface area contributed by atoms with Gasteiger partial charge in [0.05, 0.1) is 30.6 Å². The Balaban J connectivity index is 1.46. The predicted molar refractivity (Wildman–Crippen MR) is 127 cm³/mol. The number of benzene rings is 2. The SMILES string of the molecule is COc1ccc(-c2nn(-c3ccccc3)cc2C(=O)NCc2cn3c(C)cccc3n2)cc1. The molecule has 3 aromatic heterocycles. The summed E-state index contributed by atoms with van der Waals surface area (Å²) in [6.07, 6.45) is 3.71. The van der Waals surface area contributed by atoms with Crippen molar-refractivity contribution in [3.63, 3.8) is 0 Å². The zero-order valence-corrected chi connectivity index (χ0v) is 18.4. The summed E-state index contributed by atoms with van der Waals surface area (Å²) in [5, 5.41) is 7.72. The van der Waals surface area contributed by atoms with Crippen LogP contribution in [0.1, 0.15) is 21.7 Å². The summed E-state index contributed by atoms with van der Waals surface area (Å²) < 4.78 is 9.00. The van der Waals surface area contributed by atoms with Crippen molar-refractivity contribution in [3.8, 4) is 22.7 Å². The molecule has 0 aliphatic rings. The van der Waals surface area contributed by atoms with Crippen molar-refractivity contribution in [2.45, 2.75) is 13.5 Å². The number of aryl methyl sites for hydroxylation is 1. The van der Waals surface area contributed by atoms with E-state index in [0.29, 0.717) is 17.8 Å². The number of hydrogen-bond acceptors (Lipinski definition) is 4. The lowest BCUT2D eigenvalue weighted by atomic mass is 10.1. The van der Waals surface area contributed by atoms with Crippen molar-refractivity contribution in [3.05, 3.63) is 102 Å². The maximum absolute atomic E-state index is 13.2. The van der Waals surface area contributed by atoms with E-state index < -0.39 is 0 Å². The van der Waals surface area contributed by atoms with Crippen LogP contribution >= 0.6 is 0 Å². The van der Waals surface area contributed by atoms with Crippen LogP contribution < -0.4 is 10.1 Å². The van der Waals surface area contributed by atoms with Gasteiger partial charge in [-0.2, -0.15) is 5.10 Å². The molecule has 164 valence electrons. The van der Waals surface area contributed by atoms with Gasteiger partial charge in [-0.05, 0) is 55.5 Å². The maximum Gasteiger partial charge on any atom is 0.255 e. The van der Waals surface area contributed by atoms with Gasteiger partial charge in [-0.25, -0.2) is 9.67 Å². The molecule has 0 aliphatic heterocycles. The Kier molecular flexibility index (Phi) is 5.36. The number of hydrogen-bond donors (Lipinski definition) is 1. The number of ether oxygens (including phenoxy) is 1. The molecule has 1 N–H and O–H groups in total. The number of pyridine rings is 1. The first kappa shape index (κ1) is 20.5. The Morgan fingerprint density at radius 1 is 0.970 bits per heavy atom. The molecule has 0 saturated carbocycles. The van der Waals surface area contributed by atoms with E-state index in [4.69, 9.17) is 9.84 Å². The average Bonchev–Trinajstić information content (AvgIpc) is 3.49. The molecule has 0 unspecified atom stereocenters. The molecule has 7 heteroatoms. The van der Waals surface area contributed by atoms with Crippen LogP contribution in [-0.2, 0) is 6.54 Å². The highest BCUT2D eigenvalue weighted by Gasteiger charge is 2.19. The first-order valence-corrected chi connectivity index (χ1v) is 10.6. The highest BCUT2D eigenvalue weighted by molar-refractivity contribution is 5.99. The van der Waals surface area contributed by atoms with Crippen molar-refractivity contribution in [1.29, 1.82) is 0 Å². The van der Waals surface area contributed by atoms with Crippen LogP contribution in [0.3, 0.4) is 0 Å². The molecule has 0 fully saturated rings. The predicted octanol–water partition coefficient (Wildman–Crippen LogP) is 4.43. The van der Waals surface area contributed by atoms with Crippen LogP contribution in [0, 0.1) is 6.92 Å². The van der Waals surface area contributed by atoms with Gasteiger partial charge in [-0.15, -0.1) is 0 Å². The number of para-hydroxylation sites is 1. The fourth-order valence-corrected chi connectivity index (χ4v) is 3.77. The Hall–Kier alpha value is -4.39. The van der Waals surface area contributed by atoms with Crippen molar-refractivity contribution >= 4 is 11.6 Å². The van der Waals surface area contributed by atoms with E-state index in [2.05, 4.69) is 10.3 Å². The number of carbonyl (C=O) groups is 1. The summed E-state index contributed by atoms with van der Waals surface area (Å²) in [6.45, 7) is 2.34. The first-order chi connectivity index (χ1) is 16.1. The molecule has 1 amide bonds. The number of amides is 1. The fraction of sp³-hybridized carbons (Fsp3) is 0.115. The third-order valence-electron chi connectivity index (χ3n) is 5.52. The standard InChI is InChI=1S/C26H23N5O2/c1-18-7-6-10-24-28-20(16-30(18)24)15-27-26(32)23-17-31(21-8-4-3-5-9-21)29-25(23)19-11-13-22(33-2)14-12-19/h3-14,16-17H,15H2,1-2H3,(H,27,32). The fourth-order valence-electron chi connectivity index (χ4n) is 3.77. The second kappa shape index (κ2) is 8.63. The van der Waals surface area contributed by atoms with E-state index in [9.17, 15) is 4.79 Å². The summed E-state index contributed by atoms with van der Waals surface area (Å²) in [6, 6.07) is 23.2. The molecule has 0 aliphatic carbocycles. The van der Waals surface area contributed by atoms with E-state index >= 15 is 0 Å². The third kappa shape index (κ3) is 4.08. The highest BCUT2D eigenvalue weighted by Crippen LogP contribution is 2.26. The highest BCUT2D eigenvalue weighted by atomic mass is 16.5. The molecule has 0 atom stereocenters. The molecule has 5 rings (SSSR count).